The molecule has 19 N–H and O–H groups in total. The minimum absolute atomic E-state index is 0. The molecule has 0 heterocycles. The quantitative estimate of drug-likeness (QED) is 0.462. The van der Waals surface area contributed by atoms with Gasteiger partial charge in [0.1, 0.15) is 6.61 Å². The predicted octanol–water partition coefficient (Wildman–Crippen LogP) is -7.85. The maximum absolute atomic E-state index is 9.56. The number of aliphatic hydroxyl groups excluding tert-OH is 1. The Bertz CT molecular complexity index is 45.8. The van der Waals surface area contributed by atoms with Gasteiger partial charge in [-0.25, -0.2) is 0 Å². The molecule has 0 aromatic rings. The SMILES string of the molecule is CC(=O)CO.O.O.O.O.O.O.O.O.O. The summed E-state index contributed by atoms with van der Waals surface area (Å²) in [4.78, 5) is 9.56. The highest BCUT2D eigenvalue weighted by Crippen LogP contribution is 1.55. The number of carbonyl (C=O) groups excluding carboxylic acids is 1. The summed E-state index contributed by atoms with van der Waals surface area (Å²) in [5.41, 5.74) is 0. The summed E-state index contributed by atoms with van der Waals surface area (Å²) in [6.45, 7) is 1.000. The summed E-state index contributed by atoms with van der Waals surface area (Å²) in [5, 5.41) is 7.79. The lowest BCUT2D eigenvalue weighted by Gasteiger charge is -1.72. The molecular weight excluding hydrogens is 212 g/mol. The average molecular weight is 236 g/mol. The smallest absolute Gasteiger partial charge is 0.155 e. The largest absolute Gasteiger partial charge is 0.412 e. The topological polar surface area (TPSA) is 321 Å². The third-order valence-electron chi connectivity index (χ3n) is 0.223. The Morgan fingerprint density at radius 3 is 0.857 bits per heavy atom. The molecule has 11 heteroatoms. The van der Waals surface area contributed by atoms with Crippen LogP contribution in [0.1, 0.15) is 6.92 Å². The van der Waals surface area contributed by atoms with Crippen molar-refractivity contribution < 1.29 is 59.2 Å². The van der Waals surface area contributed by atoms with Gasteiger partial charge in [0.15, 0.2) is 5.78 Å². The Labute approximate surface area is 79.8 Å². The summed E-state index contributed by atoms with van der Waals surface area (Å²) in [7, 11) is 0. The van der Waals surface area contributed by atoms with E-state index < -0.39 is 0 Å². The van der Waals surface area contributed by atoms with Gasteiger partial charge < -0.3 is 54.4 Å². The molecule has 0 aliphatic rings. The fourth-order valence-corrected chi connectivity index (χ4v) is 0. The molecule has 0 aliphatic carbocycles. The van der Waals surface area contributed by atoms with E-state index in [0.29, 0.717) is 0 Å². The van der Waals surface area contributed by atoms with E-state index in [1.165, 1.54) is 6.92 Å². The van der Waals surface area contributed by atoms with Crippen LogP contribution in [0.15, 0.2) is 0 Å². The van der Waals surface area contributed by atoms with Crippen LogP contribution >= 0.6 is 0 Å². The third kappa shape index (κ3) is 737. The third-order valence-corrected chi connectivity index (χ3v) is 0.223. The number of hydrogen-bond donors (Lipinski definition) is 1. The molecule has 0 radical (unpaired) electrons. The second kappa shape index (κ2) is 146. The molecule has 0 rings (SSSR count). The monoisotopic (exact) mass is 236 g/mol. The van der Waals surface area contributed by atoms with Gasteiger partial charge in [-0.3, -0.25) is 4.79 Å². The number of hydrogen-bond acceptors (Lipinski definition) is 2. The molecule has 0 atom stereocenters. The highest BCUT2D eigenvalue weighted by atomic mass is 16.3. The van der Waals surface area contributed by atoms with E-state index in [9.17, 15) is 4.79 Å². The Morgan fingerprint density at radius 1 is 0.786 bits per heavy atom. The molecule has 0 unspecified atom stereocenters. The zero-order chi connectivity index (χ0) is 4.28. The van der Waals surface area contributed by atoms with Crippen LogP contribution < -0.4 is 0 Å². The van der Waals surface area contributed by atoms with Gasteiger partial charge in [0.2, 0.25) is 0 Å². The summed E-state index contributed by atoms with van der Waals surface area (Å²) in [5.74, 6) is -0.190. The van der Waals surface area contributed by atoms with E-state index in [1.807, 2.05) is 0 Å². The summed E-state index contributed by atoms with van der Waals surface area (Å²) >= 11 is 0. The highest BCUT2D eigenvalue weighted by Gasteiger charge is 1.78. The molecule has 0 spiro atoms. The number of carbonyl (C=O) groups is 1. The first-order valence-corrected chi connectivity index (χ1v) is 1.37. The van der Waals surface area contributed by atoms with Crippen LogP contribution in [0.3, 0.4) is 0 Å². The molecule has 0 aromatic carbocycles. The fraction of sp³-hybridized carbons (Fsp3) is 0.667. The Balaban J connectivity index is -0.00000000222. The number of ketones is 1. The molecule has 0 aromatic heterocycles. The maximum Gasteiger partial charge on any atom is 0.155 e. The van der Waals surface area contributed by atoms with Crippen LogP contribution in [-0.4, -0.2) is 66.8 Å². The van der Waals surface area contributed by atoms with Crippen molar-refractivity contribution in [3.63, 3.8) is 0 Å². The molecule has 0 fully saturated rings. The van der Waals surface area contributed by atoms with Crippen LogP contribution in [0.25, 0.3) is 0 Å². The Hall–Kier alpha value is -0.730. The van der Waals surface area contributed by atoms with E-state index in [2.05, 4.69) is 0 Å². The van der Waals surface area contributed by atoms with Gasteiger partial charge in [0.05, 0.1) is 0 Å². The summed E-state index contributed by atoms with van der Waals surface area (Å²) in [6.07, 6.45) is 0. The Kier molecular flexibility index (Phi) is 1950. The highest BCUT2D eigenvalue weighted by molar-refractivity contribution is 5.76. The lowest BCUT2D eigenvalue weighted by molar-refractivity contribution is -0.119. The van der Waals surface area contributed by atoms with Crippen LogP contribution in [0.4, 0.5) is 0 Å². The molecule has 0 amide bonds. The molecule has 0 bridgehead atoms. The van der Waals surface area contributed by atoms with Crippen molar-refractivity contribution in [2.75, 3.05) is 6.61 Å². The van der Waals surface area contributed by atoms with Crippen molar-refractivity contribution >= 4 is 5.78 Å². The van der Waals surface area contributed by atoms with Gasteiger partial charge >= 0.3 is 0 Å². The summed E-state index contributed by atoms with van der Waals surface area (Å²) in [6, 6.07) is 0. The molecular formula is C3H24O11. The van der Waals surface area contributed by atoms with Crippen molar-refractivity contribution in [2.45, 2.75) is 6.92 Å². The van der Waals surface area contributed by atoms with Crippen molar-refractivity contribution in [1.29, 1.82) is 0 Å². The zero-order valence-corrected chi connectivity index (χ0v) is 7.56. The van der Waals surface area contributed by atoms with Gasteiger partial charge in [-0.05, 0) is 6.92 Å². The number of aliphatic hydroxyl groups is 1. The normalized spacial score (nSPS) is 2.71. The van der Waals surface area contributed by atoms with Crippen LogP contribution in [0.5, 0.6) is 0 Å². The first-order valence-electron chi connectivity index (χ1n) is 1.37. The van der Waals surface area contributed by atoms with E-state index in [-0.39, 0.29) is 61.7 Å². The Morgan fingerprint density at radius 2 is 0.857 bits per heavy atom. The molecule has 11 nitrogen and oxygen atoms in total. The van der Waals surface area contributed by atoms with Crippen LogP contribution in [0, 0.1) is 0 Å². The summed E-state index contributed by atoms with van der Waals surface area (Å²) < 4.78 is 0. The molecule has 0 aliphatic heterocycles. The second-order valence-electron chi connectivity index (χ2n) is 0.860. The van der Waals surface area contributed by atoms with Crippen molar-refractivity contribution in [3.8, 4) is 0 Å². The van der Waals surface area contributed by atoms with Crippen LogP contribution in [0.2, 0.25) is 0 Å². The van der Waals surface area contributed by atoms with Crippen molar-refractivity contribution in [3.05, 3.63) is 0 Å². The van der Waals surface area contributed by atoms with Crippen LogP contribution in [-0.2, 0) is 4.79 Å². The average Bonchev–Trinajstić information content (AvgIpc) is 1.38. The maximum atomic E-state index is 9.56. The lowest BCUT2D eigenvalue weighted by atomic mass is 10.5. The van der Waals surface area contributed by atoms with Gasteiger partial charge in [0, 0.05) is 0 Å². The van der Waals surface area contributed by atoms with E-state index >= 15 is 0 Å². The lowest BCUT2D eigenvalue weighted by Crippen LogP contribution is -1.93. The molecule has 0 saturated carbocycles. The zero-order valence-electron chi connectivity index (χ0n) is 7.56. The van der Waals surface area contributed by atoms with E-state index in [4.69, 9.17) is 5.11 Å². The number of Topliss-reactive ketones (excluding diaryl/α,β-unsaturated/α-hetero) is 1. The van der Waals surface area contributed by atoms with E-state index in [0.717, 1.165) is 0 Å². The fourth-order valence-electron chi connectivity index (χ4n) is 0. The standard InChI is InChI=1S/C3H6O2.9H2O/c1-3(5)2-4;;;;;;;;;/h4H,2H2,1H3;9*1H2. The minimum Gasteiger partial charge on any atom is -0.412 e. The van der Waals surface area contributed by atoms with Crippen molar-refractivity contribution in [1.82, 2.24) is 0 Å². The van der Waals surface area contributed by atoms with Gasteiger partial charge in [-0.15, -0.1) is 0 Å². The van der Waals surface area contributed by atoms with Gasteiger partial charge in [-0.2, -0.15) is 0 Å². The first-order chi connectivity index (χ1) is 2.27. The first kappa shape index (κ1) is 187. The number of rotatable bonds is 1. The molecule has 0 saturated heterocycles. The minimum atomic E-state index is -0.333. The van der Waals surface area contributed by atoms with Gasteiger partial charge in [-0.1, -0.05) is 0 Å². The predicted molar refractivity (Wildman–Crippen MR) is 50.3 cm³/mol. The van der Waals surface area contributed by atoms with Gasteiger partial charge in [0.25, 0.3) is 0 Å². The van der Waals surface area contributed by atoms with E-state index in [1.54, 1.807) is 0 Å². The molecule has 14 heavy (non-hydrogen) atoms. The molecule has 102 valence electrons. The van der Waals surface area contributed by atoms with Crippen molar-refractivity contribution in [2.24, 2.45) is 0 Å². The second-order valence-corrected chi connectivity index (χ2v) is 0.860.